The first-order valence-corrected chi connectivity index (χ1v) is 12.5. The highest BCUT2D eigenvalue weighted by Gasteiger charge is 2.47. The molecule has 0 aliphatic carbocycles. The molecule has 8 nitrogen and oxygen atoms in total. The second-order valence-corrected chi connectivity index (χ2v) is 9.63. The number of nitrogens with zero attached hydrogens (tertiary/aromatic N) is 2. The molecule has 1 N–H and O–H groups in total. The van der Waals surface area contributed by atoms with Gasteiger partial charge in [-0.15, -0.1) is 0 Å². The van der Waals surface area contributed by atoms with Gasteiger partial charge in [0.1, 0.15) is 22.7 Å². The molecule has 5 rings (SSSR count). The molecule has 0 saturated carbocycles. The van der Waals surface area contributed by atoms with E-state index < -0.39 is 5.54 Å². The summed E-state index contributed by atoms with van der Waals surface area (Å²) in [6.07, 6.45) is 1.95. The molecular weight excluding hydrogens is 458 g/mol. The van der Waals surface area contributed by atoms with E-state index in [9.17, 15) is 9.59 Å². The molecule has 1 saturated heterocycles. The predicted molar refractivity (Wildman–Crippen MR) is 136 cm³/mol. The Morgan fingerprint density at radius 3 is 2.64 bits per heavy atom. The molecule has 3 heterocycles. The number of aromatic nitrogens is 1. The summed E-state index contributed by atoms with van der Waals surface area (Å²) in [6, 6.07) is 15.3. The fourth-order valence-corrected chi connectivity index (χ4v) is 5.15. The van der Waals surface area contributed by atoms with Crippen LogP contribution in [-0.4, -0.2) is 59.8 Å². The third-order valence-corrected chi connectivity index (χ3v) is 7.22. The van der Waals surface area contributed by atoms with Crippen molar-refractivity contribution in [3.8, 4) is 11.5 Å². The van der Waals surface area contributed by atoms with Gasteiger partial charge in [0.25, 0.3) is 5.91 Å². The van der Waals surface area contributed by atoms with Gasteiger partial charge in [-0.05, 0) is 62.6 Å². The molecule has 2 atom stereocenters. The zero-order valence-electron chi connectivity index (χ0n) is 21.1. The van der Waals surface area contributed by atoms with Crippen molar-refractivity contribution in [1.29, 1.82) is 0 Å². The minimum absolute atomic E-state index is 0.0173. The molecule has 2 aliphatic rings. The molecule has 3 aromatic rings. The highest BCUT2D eigenvalue weighted by Crippen LogP contribution is 2.35. The van der Waals surface area contributed by atoms with Gasteiger partial charge in [0.05, 0.1) is 31.9 Å². The third kappa shape index (κ3) is 4.41. The minimum atomic E-state index is -1.10. The van der Waals surface area contributed by atoms with Gasteiger partial charge in [0.15, 0.2) is 0 Å². The second-order valence-electron chi connectivity index (χ2n) is 9.63. The van der Waals surface area contributed by atoms with E-state index in [1.165, 1.54) is 0 Å². The molecule has 1 fully saturated rings. The van der Waals surface area contributed by atoms with Crippen LogP contribution in [0.5, 0.6) is 11.5 Å². The highest BCUT2D eigenvalue weighted by atomic mass is 16.5. The van der Waals surface area contributed by atoms with E-state index in [0.717, 1.165) is 41.7 Å². The summed E-state index contributed by atoms with van der Waals surface area (Å²) in [6.45, 7) is 6.17. The van der Waals surface area contributed by atoms with E-state index in [2.05, 4.69) is 5.32 Å². The van der Waals surface area contributed by atoms with E-state index in [1.54, 1.807) is 12.0 Å². The smallest absolute Gasteiger partial charge is 0.271 e. The largest absolute Gasteiger partial charge is 0.497 e. The van der Waals surface area contributed by atoms with Crippen molar-refractivity contribution >= 4 is 22.7 Å². The lowest BCUT2D eigenvalue weighted by Crippen LogP contribution is -2.64. The Balaban J connectivity index is 1.50. The molecule has 36 heavy (non-hydrogen) atoms. The van der Waals surface area contributed by atoms with Crippen LogP contribution in [0.2, 0.25) is 0 Å². The lowest BCUT2D eigenvalue weighted by Gasteiger charge is -2.44. The van der Waals surface area contributed by atoms with Crippen molar-refractivity contribution in [2.24, 2.45) is 0 Å². The summed E-state index contributed by atoms with van der Waals surface area (Å²) < 4.78 is 18.6. The van der Waals surface area contributed by atoms with Crippen LogP contribution in [-0.2, 0) is 22.6 Å². The number of carbonyl (C=O) groups excluding carboxylic acids is 2. The summed E-state index contributed by atoms with van der Waals surface area (Å²) in [5.74, 6) is 1.11. The molecule has 2 aromatic carbocycles. The van der Waals surface area contributed by atoms with E-state index in [0.29, 0.717) is 37.7 Å². The van der Waals surface area contributed by atoms with Crippen LogP contribution in [0.15, 0.2) is 48.5 Å². The molecule has 2 aliphatic heterocycles. The average Bonchev–Trinajstić information content (AvgIpc) is 3.54. The Kier molecular flexibility index (Phi) is 6.62. The maximum atomic E-state index is 13.9. The number of amides is 2. The van der Waals surface area contributed by atoms with Crippen molar-refractivity contribution in [2.75, 3.05) is 26.9 Å². The third-order valence-electron chi connectivity index (χ3n) is 7.22. The maximum Gasteiger partial charge on any atom is 0.271 e. The minimum Gasteiger partial charge on any atom is -0.497 e. The first-order valence-electron chi connectivity index (χ1n) is 12.5. The first-order chi connectivity index (χ1) is 17.4. The van der Waals surface area contributed by atoms with Crippen LogP contribution in [0.25, 0.3) is 10.9 Å². The van der Waals surface area contributed by atoms with E-state index in [4.69, 9.17) is 14.2 Å². The number of carbonyl (C=O) groups is 2. The quantitative estimate of drug-likeness (QED) is 0.519. The molecule has 2 amide bonds. The topological polar surface area (TPSA) is 82.0 Å². The normalized spacial score (nSPS) is 21.5. The maximum absolute atomic E-state index is 13.9. The number of methoxy groups -OCH3 is 1. The van der Waals surface area contributed by atoms with Crippen molar-refractivity contribution in [2.45, 2.75) is 51.4 Å². The number of hydrogen-bond acceptors (Lipinski definition) is 5. The van der Waals surface area contributed by atoms with Gasteiger partial charge in [-0.1, -0.05) is 12.1 Å². The van der Waals surface area contributed by atoms with Gasteiger partial charge in [-0.25, -0.2) is 0 Å². The molecule has 0 unspecified atom stereocenters. The molecule has 190 valence electrons. The number of rotatable bonds is 8. The molecule has 0 spiro atoms. The SMILES string of the molecule is CCOc1ccc(CN2C(=O)c3cc4ccc(OC)cc4n3C[C@@]2(C)C(=O)NC[C@H]2CCCO2)cc1. The van der Waals surface area contributed by atoms with Crippen LogP contribution in [0.3, 0.4) is 0 Å². The number of hydrogen-bond donors (Lipinski definition) is 1. The fraction of sp³-hybridized carbons (Fsp3) is 0.429. The molecule has 1 aromatic heterocycles. The predicted octanol–water partition coefficient (Wildman–Crippen LogP) is 3.76. The number of nitrogens with one attached hydrogen (secondary N) is 1. The van der Waals surface area contributed by atoms with Gasteiger partial charge in [-0.3, -0.25) is 9.59 Å². The van der Waals surface area contributed by atoms with Crippen molar-refractivity contribution in [1.82, 2.24) is 14.8 Å². The van der Waals surface area contributed by atoms with Crippen LogP contribution in [0.4, 0.5) is 0 Å². The molecular formula is C28H33N3O5. The van der Waals surface area contributed by atoms with Gasteiger partial charge < -0.3 is 29.0 Å². The van der Waals surface area contributed by atoms with Crippen LogP contribution in [0.1, 0.15) is 42.7 Å². The van der Waals surface area contributed by atoms with Crippen LogP contribution in [0, 0.1) is 0 Å². The summed E-state index contributed by atoms with van der Waals surface area (Å²) in [7, 11) is 1.62. The van der Waals surface area contributed by atoms with Crippen molar-refractivity contribution in [3.63, 3.8) is 0 Å². The van der Waals surface area contributed by atoms with Gasteiger partial charge in [-0.2, -0.15) is 0 Å². The van der Waals surface area contributed by atoms with E-state index in [-0.39, 0.29) is 17.9 Å². The van der Waals surface area contributed by atoms with Crippen LogP contribution >= 0.6 is 0 Å². The zero-order valence-corrected chi connectivity index (χ0v) is 21.1. The summed E-state index contributed by atoms with van der Waals surface area (Å²) in [5, 5.41) is 4.01. The Labute approximate surface area is 211 Å². The summed E-state index contributed by atoms with van der Waals surface area (Å²) >= 11 is 0. The first kappa shape index (κ1) is 24.2. The fourth-order valence-electron chi connectivity index (χ4n) is 5.15. The average molecular weight is 492 g/mol. The summed E-state index contributed by atoms with van der Waals surface area (Å²) in [4.78, 5) is 29.4. The van der Waals surface area contributed by atoms with E-state index in [1.807, 2.05) is 66.9 Å². The lowest BCUT2D eigenvalue weighted by molar-refractivity contribution is -0.133. The number of ether oxygens (including phenoxy) is 3. The lowest BCUT2D eigenvalue weighted by atomic mass is 9.93. The highest BCUT2D eigenvalue weighted by molar-refractivity contribution is 6.03. The van der Waals surface area contributed by atoms with Crippen LogP contribution < -0.4 is 14.8 Å². The standard InChI is InChI=1S/C28H33N3O5/c1-4-35-21-10-7-19(8-11-21)17-31-26(32)25-14-20-9-12-22(34-3)15-24(20)30(25)18-28(31,2)27(33)29-16-23-6-5-13-36-23/h7-12,14-15,23H,4-6,13,16-18H2,1-3H3,(H,29,33)/t23-,28+/m1/s1. The Morgan fingerprint density at radius 2 is 1.94 bits per heavy atom. The molecule has 0 radical (unpaired) electrons. The zero-order chi connectivity index (χ0) is 25.3. The van der Waals surface area contributed by atoms with Gasteiger partial charge in [0.2, 0.25) is 5.91 Å². The van der Waals surface area contributed by atoms with Crippen molar-refractivity contribution < 1.29 is 23.8 Å². The van der Waals surface area contributed by atoms with E-state index >= 15 is 0 Å². The second kappa shape index (κ2) is 9.85. The van der Waals surface area contributed by atoms with Gasteiger partial charge >= 0.3 is 0 Å². The monoisotopic (exact) mass is 491 g/mol. The van der Waals surface area contributed by atoms with Gasteiger partial charge in [0, 0.05) is 31.1 Å². The Hall–Kier alpha value is -3.52. The molecule has 0 bridgehead atoms. The Bertz CT molecular complexity index is 1260. The number of benzene rings is 2. The summed E-state index contributed by atoms with van der Waals surface area (Å²) in [5.41, 5.74) is 1.26. The molecule has 8 heteroatoms. The van der Waals surface area contributed by atoms with Crippen molar-refractivity contribution in [3.05, 3.63) is 59.8 Å². The number of fused-ring (bicyclic) bond motifs is 3. The Morgan fingerprint density at radius 1 is 1.17 bits per heavy atom.